The Morgan fingerprint density at radius 2 is 2.25 bits per heavy atom. The molecular weight excluding hydrogens is 58.0 g/mol. The van der Waals surface area contributed by atoms with Gasteiger partial charge in [0.15, 0.2) is 0 Å². The predicted molar refractivity (Wildman–Crippen MR) is 11.2 cm³/mol. The Bertz CT molecular complexity index is 61.8. The van der Waals surface area contributed by atoms with Gasteiger partial charge in [-0.1, -0.05) is 5.27 Å². The van der Waals surface area contributed by atoms with Crippen LogP contribution in [0, 0.1) is 0 Å². The monoisotopic (exact) mass is 61.0 g/mol. The van der Waals surface area contributed by atoms with E-state index in [1.165, 1.54) is 0 Å². The molecule has 0 aliphatic heterocycles. The van der Waals surface area contributed by atoms with Crippen molar-refractivity contribution in [1.29, 1.82) is 0 Å². The van der Waals surface area contributed by atoms with Gasteiger partial charge in [0.2, 0.25) is 0 Å². The fourth-order valence-corrected chi connectivity index (χ4v) is 0.0236. The average molecular weight is 61.0 g/mol. The van der Waals surface area contributed by atoms with Gasteiger partial charge in [-0.05, 0) is 0 Å². The Hall–Kier alpha value is -0.800. The van der Waals surface area contributed by atoms with Crippen LogP contribution in [-0.4, -0.2) is 10.2 Å². The Balaban J connectivity index is 2.81. The van der Waals surface area contributed by atoms with Crippen LogP contribution in [0.1, 0.15) is 0 Å². The molecule has 0 spiro atoms. The van der Waals surface area contributed by atoms with E-state index in [0.29, 0.717) is 0 Å². The van der Waals surface area contributed by atoms with Crippen LogP contribution < -0.4 is 5.84 Å². The summed E-state index contributed by atoms with van der Waals surface area (Å²) in [5.74, 6) is 4.72. The highest BCUT2D eigenvalue weighted by Gasteiger charge is 1.74. The van der Waals surface area contributed by atoms with Crippen molar-refractivity contribution >= 4 is 0 Å². The lowest BCUT2D eigenvalue weighted by molar-refractivity contribution is 0.488. The molecule has 4 nitrogen and oxygen atoms in total. The second-order valence-corrected chi connectivity index (χ2v) is 0.508. The summed E-state index contributed by atoms with van der Waals surface area (Å²) < 4.78 is 4.07. The van der Waals surface area contributed by atoms with Gasteiger partial charge in [-0.25, -0.2) is 4.63 Å². The van der Waals surface area contributed by atoms with Gasteiger partial charge in [0.1, 0.15) is 0 Å². The molecule has 0 unspecified atom stereocenters. The largest absolute Gasteiger partial charge is 0.290 e. The minimum Gasteiger partial charge on any atom is -0.290 e. The quantitative estimate of drug-likeness (QED) is 0.383. The maximum absolute atomic E-state index is 4.72. The Morgan fingerprint density at radius 1 is 2.00 bits per heavy atom. The van der Waals surface area contributed by atoms with Crippen LogP contribution in [0.5, 0.6) is 0 Å². The molecule has 4 heavy (non-hydrogen) atoms. The number of nitrogen functional groups attached to an aromatic ring is 1. The third-order valence-electron chi connectivity index (χ3n) is 0.197. The van der Waals surface area contributed by atoms with Crippen molar-refractivity contribution in [3.8, 4) is 0 Å². The lowest BCUT2D eigenvalue weighted by atomic mass is 12.7. The first kappa shape index (κ1) is 1.51. The van der Waals surface area contributed by atoms with Crippen LogP contribution in [0.25, 0.3) is 0 Å². The molecule has 0 bridgehead atoms. The first-order valence-corrected chi connectivity index (χ1v) is 0.869. The molecular formula is H3N3O. The van der Waals surface area contributed by atoms with Crippen LogP contribution in [0.15, 0.2) is 4.63 Å². The van der Waals surface area contributed by atoms with Gasteiger partial charge >= 0.3 is 0 Å². The Kier molecular flexibility index (Phi) is 0.0679. The number of nitrogens with one attached hydrogen (secondary N) is 1. The number of nitrogens with two attached hydrogens (primary N) is 1. The summed E-state index contributed by atoms with van der Waals surface area (Å²) in [7, 11) is 0. The Morgan fingerprint density at radius 3 is 2.25 bits per heavy atom. The summed E-state index contributed by atoms with van der Waals surface area (Å²) in [5, 5.41) is 2.21. The van der Waals surface area contributed by atoms with Crippen molar-refractivity contribution < 1.29 is 4.63 Å². The molecule has 0 saturated heterocycles. The van der Waals surface area contributed by atoms with Crippen LogP contribution in [0.3, 0.4) is 0 Å². The van der Waals surface area contributed by atoms with E-state index in [0.717, 1.165) is 4.96 Å². The standard InChI is InChI=1S/H3N3O/c1-3-2-4-3/h2H,1H2. The van der Waals surface area contributed by atoms with E-state index in [2.05, 4.69) is 9.90 Å². The third-order valence-corrected chi connectivity index (χ3v) is 0.197. The molecule has 24 valence electrons. The van der Waals surface area contributed by atoms with Gasteiger partial charge in [-0.15, -0.1) is 0 Å². The van der Waals surface area contributed by atoms with Crippen molar-refractivity contribution in [2.24, 2.45) is 0 Å². The van der Waals surface area contributed by atoms with Crippen LogP contribution in [0.2, 0.25) is 0 Å². The maximum Gasteiger partial charge on any atom is 0.00178 e. The first-order valence-electron chi connectivity index (χ1n) is 0.869. The van der Waals surface area contributed by atoms with Crippen LogP contribution in [-0.2, 0) is 0 Å². The molecule has 0 radical (unpaired) electrons. The normalized spacial score (nSPS) is 9.00. The number of hydrogen-bond donors (Lipinski definition) is 2. The predicted octanol–water partition coefficient (Wildman–Crippen LogP) is -0.877. The summed E-state index contributed by atoms with van der Waals surface area (Å²) in [5.41, 5.74) is 0. The highest BCUT2D eigenvalue weighted by Crippen LogP contribution is 1.61. The van der Waals surface area contributed by atoms with Crippen molar-refractivity contribution in [1.82, 2.24) is 10.2 Å². The summed E-state index contributed by atoms with van der Waals surface area (Å²) in [4.78, 5) is 1.00. The summed E-state index contributed by atoms with van der Waals surface area (Å²) in [6.07, 6.45) is 0. The molecule has 0 atom stereocenters. The fraction of sp³-hybridized carbons (Fsp3) is 0. The molecule has 0 amide bonds. The molecule has 0 aliphatic carbocycles. The minimum absolute atomic E-state index is 1.00. The highest BCUT2D eigenvalue weighted by molar-refractivity contribution is 3.99. The number of hydrogen-bond acceptors (Lipinski definition) is 2. The number of aromatic amines is 1. The molecule has 0 aromatic carbocycles. The van der Waals surface area contributed by atoms with Gasteiger partial charge in [-0.3, -0.25) is 5.84 Å². The molecule has 1 aromatic heterocycles. The molecule has 1 aromatic rings. The van der Waals surface area contributed by atoms with Gasteiger partial charge in [0, 0.05) is 4.96 Å². The molecule has 1 heterocycles. The van der Waals surface area contributed by atoms with E-state index >= 15 is 0 Å². The van der Waals surface area contributed by atoms with E-state index in [-0.39, 0.29) is 0 Å². The lowest BCUT2D eigenvalue weighted by Crippen LogP contribution is -1.93. The van der Waals surface area contributed by atoms with E-state index in [9.17, 15) is 0 Å². The van der Waals surface area contributed by atoms with Gasteiger partial charge in [0.25, 0.3) is 0 Å². The SMILES string of the molecule is Nn1[nH]o1. The zero-order chi connectivity index (χ0) is 2.99. The fourth-order valence-electron chi connectivity index (χ4n) is 0.0236. The van der Waals surface area contributed by atoms with Crippen molar-refractivity contribution in [2.75, 3.05) is 5.84 Å². The highest BCUT2D eigenvalue weighted by atomic mass is 16.8. The maximum atomic E-state index is 4.72. The smallest absolute Gasteiger partial charge is 0.00178 e. The van der Waals surface area contributed by atoms with E-state index in [4.69, 9.17) is 5.84 Å². The molecule has 4 heteroatoms. The van der Waals surface area contributed by atoms with E-state index < -0.39 is 0 Å². The minimum atomic E-state index is 1.00. The number of H-pyrrole nitrogens is 1. The number of aromatic nitrogens is 2. The van der Waals surface area contributed by atoms with Crippen LogP contribution in [0.4, 0.5) is 0 Å². The first-order chi connectivity index (χ1) is 1.89. The number of nitrogens with zero attached hydrogens (tertiary/aromatic N) is 1. The zero-order valence-corrected chi connectivity index (χ0v) is 1.93. The molecule has 3 N–H and O–H groups in total. The van der Waals surface area contributed by atoms with Gasteiger partial charge in [0.05, 0.1) is 0 Å². The summed E-state index contributed by atoms with van der Waals surface area (Å²) in [6, 6.07) is 0. The van der Waals surface area contributed by atoms with Crippen molar-refractivity contribution in [3.05, 3.63) is 0 Å². The second kappa shape index (κ2) is 0.180. The van der Waals surface area contributed by atoms with Crippen molar-refractivity contribution in [2.45, 2.75) is 0 Å². The van der Waals surface area contributed by atoms with Crippen LogP contribution >= 0.6 is 0 Å². The Labute approximate surface area is 22.0 Å². The van der Waals surface area contributed by atoms with Gasteiger partial charge < -0.3 is 0 Å². The average Bonchev–Trinajstić information content (AvgIpc) is 1.75. The lowest BCUT2D eigenvalue weighted by Gasteiger charge is -1.47. The summed E-state index contributed by atoms with van der Waals surface area (Å²) in [6.45, 7) is 0. The summed E-state index contributed by atoms with van der Waals surface area (Å²) >= 11 is 0. The van der Waals surface area contributed by atoms with Crippen molar-refractivity contribution in [3.63, 3.8) is 0 Å². The number of rotatable bonds is 0. The second-order valence-electron chi connectivity index (χ2n) is 0.508. The van der Waals surface area contributed by atoms with E-state index in [1.54, 1.807) is 0 Å². The molecule has 1 rings (SSSR count). The van der Waals surface area contributed by atoms with E-state index in [1.807, 2.05) is 0 Å². The topological polar surface area (TPSA) is 59.9 Å². The van der Waals surface area contributed by atoms with Gasteiger partial charge in [-0.2, -0.15) is 0 Å². The molecule has 0 fully saturated rings. The zero-order valence-electron chi connectivity index (χ0n) is 1.93. The molecule has 0 aliphatic rings. The molecule has 0 saturated carbocycles. The third kappa shape index (κ3) is 0.00992.